The van der Waals surface area contributed by atoms with Gasteiger partial charge in [-0.2, -0.15) is 0 Å². The Bertz CT molecular complexity index is 360. The van der Waals surface area contributed by atoms with E-state index < -0.39 is 0 Å². The van der Waals surface area contributed by atoms with Gasteiger partial charge in [0.2, 0.25) is 0 Å². The van der Waals surface area contributed by atoms with Gasteiger partial charge in [-0.3, -0.25) is 4.79 Å². The zero-order valence-corrected chi connectivity index (χ0v) is 9.88. The summed E-state index contributed by atoms with van der Waals surface area (Å²) >= 11 is 0. The summed E-state index contributed by atoms with van der Waals surface area (Å²) in [7, 11) is 0. The van der Waals surface area contributed by atoms with Crippen molar-refractivity contribution >= 4 is 11.6 Å². The van der Waals surface area contributed by atoms with Crippen molar-refractivity contribution in [3.8, 4) is 0 Å². The number of halogens is 1. The molecule has 0 aromatic carbocycles. The van der Waals surface area contributed by atoms with Crippen molar-refractivity contribution < 1.29 is 9.18 Å². The molecule has 0 saturated carbocycles. The minimum Gasteiger partial charge on any atom is -0.363 e. The first kappa shape index (κ1) is 12.6. The molecular formula is C12H17FN2O. The van der Waals surface area contributed by atoms with Crippen LogP contribution in [0.4, 0.5) is 10.2 Å². The monoisotopic (exact) mass is 224 g/mol. The van der Waals surface area contributed by atoms with Crippen LogP contribution in [0.3, 0.4) is 0 Å². The molecule has 16 heavy (non-hydrogen) atoms. The molecule has 88 valence electrons. The number of carbonyl (C=O) groups is 1. The average Bonchev–Trinajstić information content (AvgIpc) is 2.28. The lowest BCUT2D eigenvalue weighted by atomic mass is 9.85. The summed E-state index contributed by atoms with van der Waals surface area (Å²) in [5, 5.41) is 2.88. The molecule has 0 aliphatic heterocycles. The third-order valence-electron chi connectivity index (χ3n) is 2.80. The highest BCUT2D eigenvalue weighted by molar-refractivity contribution is 5.87. The van der Waals surface area contributed by atoms with Crippen LogP contribution < -0.4 is 5.32 Å². The first-order valence-electron chi connectivity index (χ1n) is 5.34. The fourth-order valence-corrected chi connectivity index (χ4v) is 1.09. The van der Waals surface area contributed by atoms with Crippen LogP contribution >= 0.6 is 0 Å². The van der Waals surface area contributed by atoms with Crippen LogP contribution in [0.2, 0.25) is 0 Å². The number of nitrogens with one attached hydrogen (secondary N) is 1. The van der Waals surface area contributed by atoms with E-state index in [0.717, 1.165) is 12.6 Å². The molecule has 0 atom stereocenters. The molecule has 3 nitrogen and oxygen atoms in total. The quantitative estimate of drug-likeness (QED) is 0.836. The van der Waals surface area contributed by atoms with Crippen molar-refractivity contribution in [2.45, 2.75) is 27.2 Å². The number of Topliss-reactive ketones (excluding diaryl/α,β-unsaturated/α-hetero) is 1. The number of hydrogen-bond donors (Lipinski definition) is 1. The molecular weight excluding hydrogens is 207 g/mol. The Morgan fingerprint density at radius 2 is 2.19 bits per heavy atom. The number of carbonyl (C=O) groups excluding carboxylic acids is 1. The number of hydrogen-bond acceptors (Lipinski definition) is 3. The summed E-state index contributed by atoms with van der Waals surface area (Å²) in [5.74, 6) is 0.258. The van der Waals surface area contributed by atoms with E-state index >= 15 is 0 Å². The zero-order chi connectivity index (χ0) is 12.2. The lowest BCUT2D eigenvalue weighted by Gasteiger charge is -2.20. The third-order valence-corrected chi connectivity index (χ3v) is 2.80. The summed E-state index contributed by atoms with van der Waals surface area (Å²) in [5.41, 5.74) is -0.326. The van der Waals surface area contributed by atoms with E-state index in [2.05, 4.69) is 10.3 Å². The van der Waals surface area contributed by atoms with Gasteiger partial charge >= 0.3 is 0 Å². The molecule has 0 amide bonds. The summed E-state index contributed by atoms with van der Waals surface area (Å²) < 4.78 is 12.6. The Morgan fingerprint density at radius 3 is 2.69 bits per heavy atom. The Morgan fingerprint density at radius 1 is 1.50 bits per heavy atom. The molecule has 1 rings (SSSR count). The maximum Gasteiger partial charge on any atom is 0.157 e. The van der Waals surface area contributed by atoms with E-state index in [9.17, 15) is 9.18 Å². The zero-order valence-electron chi connectivity index (χ0n) is 9.88. The molecule has 1 heterocycles. The van der Waals surface area contributed by atoms with Gasteiger partial charge in [-0.15, -0.1) is 0 Å². The average molecular weight is 224 g/mol. The summed E-state index contributed by atoms with van der Waals surface area (Å²) in [6, 6.07) is 2.83. The van der Waals surface area contributed by atoms with Gasteiger partial charge in [-0.25, -0.2) is 9.37 Å². The molecule has 0 fully saturated rings. The van der Waals surface area contributed by atoms with E-state index in [1.165, 1.54) is 12.1 Å². The predicted molar refractivity (Wildman–Crippen MR) is 61.8 cm³/mol. The number of ketones is 1. The first-order chi connectivity index (χ1) is 7.45. The third kappa shape index (κ3) is 3.29. The molecule has 0 aliphatic carbocycles. The Balaban J connectivity index is 2.52. The molecule has 0 aliphatic rings. The van der Waals surface area contributed by atoms with Crippen molar-refractivity contribution in [3.63, 3.8) is 0 Å². The maximum absolute atomic E-state index is 12.6. The molecule has 0 radical (unpaired) electrons. The van der Waals surface area contributed by atoms with Crippen LogP contribution in [0, 0.1) is 11.2 Å². The van der Waals surface area contributed by atoms with Gasteiger partial charge in [0.25, 0.3) is 0 Å². The standard InChI is InChI=1S/C12H17FN2O/c1-4-12(2,3)10(16)8-15-11-6-5-9(13)7-14-11/h5-7H,4,8H2,1-3H3,(H,14,15). The highest BCUT2D eigenvalue weighted by Gasteiger charge is 2.24. The summed E-state index contributed by atoms with van der Waals surface area (Å²) in [6.45, 7) is 6.03. The predicted octanol–water partition coefficient (Wildman–Crippen LogP) is 2.64. The Hall–Kier alpha value is -1.45. The van der Waals surface area contributed by atoms with Gasteiger partial charge in [-0.1, -0.05) is 20.8 Å². The van der Waals surface area contributed by atoms with Crippen molar-refractivity contribution in [1.29, 1.82) is 0 Å². The van der Waals surface area contributed by atoms with Crippen LogP contribution in [0.15, 0.2) is 18.3 Å². The topological polar surface area (TPSA) is 42.0 Å². The fourth-order valence-electron chi connectivity index (χ4n) is 1.09. The van der Waals surface area contributed by atoms with Gasteiger partial charge in [-0.05, 0) is 18.6 Å². The first-order valence-corrected chi connectivity index (χ1v) is 5.34. The smallest absolute Gasteiger partial charge is 0.157 e. The normalized spacial score (nSPS) is 11.2. The SMILES string of the molecule is CCC(C)(C)C(=O)CNc1ccc(F)cn1. The van der Waals surface area contributed by atoms with Crippen LogP contribution in [0.1, 0.15) is 27.2 Å². The van der Waals surface area contributed by atoms with Crippen LogP contribution in [0.5, 0.6) is 0 Å². The van der Waals surface area contributed by atoms with E-state index in [1.54, 1.807) is 0 Å². The summed E-state index contributed by atoms with van der Waals surface area (Å²) in [4.78, 5) is 15.6. The number of anilines is 1. The maximum atomic E-state index is 12.6. The fraction of sp³-hybridized carbons (Fsp3) is 0.500. The molecule has 0 unspecified atom stereocenters. The molecule has 0 saturated heterocycles. The van der Waals surface area contributed by atoms with Crippen molar-refractivity contribution in [3.05, 3.63) is 24.1 Å². The minimum atomic E-state index is -0.384. The van der Waals surface area contributed by atoms with Crippen LogP contribution in [0.25, 0.3) is 0 Å². The van der Waals surface area contributed by atoms with Gasteiger partial charge in [0, 0.05) is 5.41 Å². The molecule has 0 bridgehead atoms. The number of nitrogens with zero attached hydrogens (tertiary/aromatic N) is 1. The summed E-state index contributed by atoms with van der Waals surface area (Å²) in [6.07, 6.45) is 1.92. The molecule has 1 aromatic rings. The lowest BCUT2D eigenvalue weighted by molar-refractivity contribution is -0.125. The van der Waals surface area contributed by atoms with E-state index in [1.807, 2.05) is 20.8 Å². The second kappa shape index (κ2) is 5.05. The number of rotatable bonds is 5. The largest absolute Gasteiger partial charge is 0.363 e. The van der Waals surface area contributed by atoms with Crippen LogP contribution in [-0.4, -0.2) is 17.3 Å². The Labute approximate surface area is 95.1 Å². The van der Waals surface area contributed by atoms with E-state index in [4.69, 9.17) is 0 Å². The highest BCUT2D eigenvalue weighted by Crippen LogP contribution is 2.20. The second-order valence-electron chi connectivity index (χ2n) is 4.38. The van der Waals surface area contributed by atoms with E-state index in [0.29, 0.717) is 5.82 Å². The lowest BCUT2D eigenvalue weighted by Crippen LogP contribution is -2.29. The highest BCUT2D eigenvalue weighted by atomic mass is 19.1. The molecule has 0 spiro atoms. The van der Waals surface area contributed by atoms with Crippen molar-refractivity contribution in [2.75, 3.05) is 11.9 Å². The van der Waals surface area contributed by atoms with Crippen molar-refractivity contribution in [1.82, 2.24) is 4.98 Å². The van der Waals surface area contributed by atoms with Gasteiger partial charge < -0.3 is 5.32 Å². The van der Waals surface area contributed by atoms with Gasteiger partial charge in [0.05, 0.1) is 12.7 Å². The van der Waals surface area contributed by atoms with Crippen LogP contribution in [-0.2, 0) is 4.79 Å². The van der Waals surface area contributed by atoms with Crippen molar-refractivity contribution in [2.24, 2.45) is 5.41 Å². The number of pyridine rings is 1. The van der Waals surface area contributed by atoms with Gasteiger partial charge in [0.1, 0.15) is 11.6 Å². The molecule has 1 aromatic heterocycles. The molecule has 4 heteroatoms. The van der Waals surface area contributed by atoms with Gasteiger partial charge in [0.15, 0.2) is 5.78 Å². The minimum absolute atomic E-state index is 0.126. The Kier molecular flexibility index (Phi) is 3.99. The second-order valence-corrected chi connectivity index (χ2v) is 4.38. The van der Waals surface area contributed by atoms with E-state index in [-0.39, 0.29) is 23.6 Å². The number of aromatic nitrogens is 1. The molecule has 1 N–H and O–H groups in total.